The monoisotopic (exact) mass is 358 g/mol. The number of hydrogen-bond acceptors (Lipinski definition) is 3. The number of carbonyl (C=O) groups is 1. The van der Waals surface area contributed by atoms with Crippen LogP contribution in [0.25, 0.3) is 11.0 Å². The van der Waals surface area contributed by atoms with Gasteiger partial charge in [0.05, 0.1) is 16.6 Å². The molecule has 0 aliphatic heterocycles. The van der Waals surface area contributed by atoms with Crippen molar-refractivity contribution in [2.24, 2.45) is 7.05 Å². The van der Waals surface area contributed by atoms with E-state index in [1.807, 2.05) is 60.7 Å². The molecule has 0 saturated heterocycles. The summed E-state index contributed by atoms with van der Waals surface area (Å²) in [5, 5.41) is 21.2. The summed E-state index contributed by atoms with van der Waals surface area (Å²) in [6, 6.07) is 23.4. The fourth-order valence-electron chi connectivity index (χ4n) is 3.43. The molecule has 1 aromatic heterocycles. The van der Waals surface area contributed by atoms with Crippen molar-refractivity contribution in [2.75, 3.05) is 0 Å². The van der Waals surface area contributed by atoms with E-state index in [0.717, 1.165) is 0 Å². The number of rotatable bonds is 4. The number of fused-ring (bicyclic) bond motifs is 1. The zero-order valence-electron chi connectivity index (χ0n) is 14.7. The van der Waals surface area contributed by atoms with Gasteiger partial charge in [-0.2, -0.15) is 0 Å². The molecule has 0 radical (unpaired) electrons. The summed E-state index contributed by atoms with van der Waals surface area (Å²) >= 11 is 0. The predicted molar refractivity (Wildman–Crippen MR) is 103 cm³/mol. The number of hydrogen-bond donors (Lipinski definition) is 2. The Morgan fingerprint density at radius 3 is 2.00 bits per heavy atom. The third-order valence-corrected chi connectivity index (χ3v) is 4.83. The molecule has 3 aromatic carbocycles. The largest absolute Gasteiger partial charge is 0.478 e. The van der Waals surface area contributed by atoms with Crippen LogP contribution in [0.3, 0.4) is 0 Å². The molecule has 4 rings (SSSR count). The normalized spacial score (nSPS) is 11.6. The van der Waals surface area contributed by atoms with Crippen molar-refractivity contribution in [3.8, 4) is 0 Å². The standard InChI is InChI=1S/C22H18N2O3/c1-24-19-14-15(20(25)26)12-13-18(19)23-21(24)22(27,16-8-4-2-5-9-16)17-10-6-3-7-11-17/h2-14,27H,1H3,(H,25,26). The van der Waals surface area contributed by atoms with Crippen molar-refractivity contribution in [1.29, 1.82) is 0 Å². The molecule has 0 unspecified atom stereocenters. The van der Waals surface area contributed by atoms with Crippen molar-refractivity contribution in [2.45, 2.75) is 5.60 Å². The van der Waals surface area contributed by atoms with Gasteiger partial charge in [-0.15, -0.1) is 0 Å². The Bertz CT molecular complexity index is 1080. The van der Waals surface area contributed by atoms with E-state index in [0.29, 0.717) is 28.0 Å². The average Bonchev–Trinajstić information content (AvgIpc) is 3.05. The van der Waals surface area contributed by atoms with Gasteiger partial charge < -0.3 is 14.8 Å². The maximum Gasteiger partial charge on any atom is 0.335 e. The van der Waals surface area contributed by atoms with Gasteiger partial charge in [0.2, 0.25) is 0 Å². The van der Waals surface area contributed by atoms with Gasteiger partial charge in [0, 0.05) is 7.05 Å². The zero-order valence-corrected chi connectivity index (χ0v) is 14.7. The Labute approximate surface area is 156 Å². The van der Waals surface area contributed by atoms with Crippen LogP contribution in [0.2, 0.25) is 0 Å². The highest BCUT2D eigenvalue weighted by Crippen LogP contribution is 2.37. The number of aromatic nitrogens is 2. The molecule has 0 aliphatic carbocycles. The van der Waals surface area contributed by atoms with Gasteiger partial charge in [-0.25, -0.2) is 9.78 Å². The van der Waals surface area contributed by atoms with Gasteiger partial charge in [0.1, 0.15) is 0 Å². The first kappa shape index (κ1) is 17.0. The van der Waals surface area contributed by atoms with Crippen LogP contribution in [-0.2, 0) is 12.6 Å². The van der Waals surface area contributed by atoms with Gasteiger partial charge in [0.15, 0.2) is 11.4 Å². The van der Waals surface area contributed by atoms with Crippen molar-refractivity contribution in [3.63, 3.8) is 0 Å². The van der Waals surface area contributed by atoms with E-state index in [9.17, 15) is 15.0 Å². The van der Waals surface area contributed by atoms with Crippen LogP contribution in [0, 0.1) is 0 Å². The second-order valence-electron chi connectivity index (χ2n) is 6.45. The SMILES string of the molecule is Cn1c(C(O)(c2ccccc2)c2ccccc2)nc2ccc(C(=O)O)cc21. The summed E-state index contributed by atoms with van der Waals surface area (Å²) in [7, 11) is 1.78. The number of benzene rings is 3. The summed E-state index contributed by atoms with van der Waals surface area (Å²) in [5.41, 5.74) is 1.36. The second kappa shape index (κ2) is 6.37. The van der Waals surface area contributed by atoms with Crippen molar-refractivity contribution >= 4 is 17.0 Å². The molecule has 2 N–H and O–H groups in total. The maximum atomic E-state index is 11.9. The first-order valence-electron chi connectivity index (χ1n) is 8.55. The number of imidazole rings is 1. The Hall–Kier alpha value is -3.44. The highest BCUT2D eigenvalue weighted by atomic mass is 16.4. The molecule has 0 aliphatic rings. The summed E-state index contributed by atoms with van der Waals surface area (Å²) < 4.78 is 1.75. The minimum atomic E-state index is -1.47. The molecule has 5 heteroatoms. The summed E-state index contributed by atoms with van der Waals surface area (Å²) in [5.74, 6) is -0.571. The van der Waals surface area contributed by atoms with E-state index in [1.165, 1.54) is 6.07 Å². The highest BCUT2D eigenvalue weighted by Gasteiger charge is 2.38. The van der Waals surface area contributed by atoms with E-state index in [4.69, 9.17) is 0 Å². The van der Waals surface area contributed by atoms with E-state index in [-0.39, 0.29) is 5.56 Å². The quantitative estimate of drug-likeness (QED) is 0.585. The molecule has 0 amide bonds. The van der Waals surface area contributed by atoms with Crippen LogP contribution < -0.4 is 0 Å². The second-order valence-corrected chi connectivity index (χ2v) is 6.45. The summed E-state index contributed by atoms with van der Waals surface area (Å²) in [6.07, 6.45) is 0. The minimum Gasteiger partial charge on any atom is -0.478 e. The lowest BCUT2D eigenvalue weighted by atomic mass is 9.85. The number of aromatic carboxylic acids is 1. The molecule has 0 atom stereocenters. The first-order valence-corrected chi connectivity index (χ1v) is 8.55. The molecule has 4 aromatic rings. The third-order valence-electron chi connectivity index (χ3n) is 4.83. The lowest BCUT2D eigenvalue weighted by molar-refractivity contribution is 0.0697. The molecule has 0 spiro atoms. The van der Waals surface area contributed by atoms with E-state index < -0.39 is 11.6 Å². The molecule has 0 fully saturated rings. The van der Waals surface area contributed by atoms with Crippen LogP contribution in [0.1, 0.15) is 27.3 Å². The lowest BCUT2D eigenvalue weighted by Crippen LogP contribution is -2.32. The Balaban J connectivity index is 2.02. The van der Waals surface area contributed by atoms with Crippen LogP contribution in [-0.4, -0.2) is 25.7 Å². The molecular formula is C22H18N2O3. The van der Waals surface area contributed by atoms with Crippen LogP contribution >= 0.6 is 0 Å². The summed E-state index contributed by atoms with van der Waals surface area (Å²) in [6.45, 7) is 0. The Morgan fingerprint density at radius 1 is 0.926 bits per heavy atom. The van der Waals surface area contributed by atoms with E-state index in [2.05, 4.69) is 4.98 Å². The summed E-state index contributed by atoms with van der Waals surface area (Å²) in [4.78, 5) is 16.0. The van der Waals surface area contributed by atoms with Gasteiger partial charge in [-0.3, -0.25) is 0 Å². The lowest BCUT2D eigenvalue weighted by Gasteiger charge is -2.29. The van der Waals surface area contributed by atoms with E-state index >= 15 is 0 Å². The molecule has 1 heterocycles. The van der Waals surface area contributed by atoms with Crippen LogP contribution in [0.4, 0.5) is 0 Å². The number of aryl methyl sites for hydroxylation is 1. The minimum absolute atomic E-state index is 0.181. The van der Waals surface area contributed by atoms with E-state index in [1.54, 1.807) is 23.7 Å². The topological polar surface area (TPSA) is 75.3 Å². The predicted octanol–water partition coefficient (Wildman–Crippen LogP) is 3.56. The van der Waals surface area contributed by atoms with Gasteiger partial charge >= 0.3 is 5.97 Å². The molecule has 27 heavy (non-hydrogen) atoms. The maximum absolute atomic E-state index is 11.9. The third kappa shape index (κ3) is 2.69. The van der Waals surface area contributed by atoms with Crippen molar-refractivity contribution in [3.05, 3.63) is 101 Å². The number of nitrogens with zero attached hydrogens (tertiary/aromatic N) is 2. The smallest absolute Gasteiger partial charge is 0.335 e. The number of carboxylic acid groups (broad SMARTS) is 1. The fourth-order valence-corrected chi connectivity index (χ4v) is 3.43. The molecule has 5 nitrogen and oxygen atoms in total. The fraction of sp³-hybridized carbons (Fsp3) is 0.0909. The first-order chi connectivity index (χ1) is 13.0. The Kier molecular flexibility index (Phi) is 4.01. The average molecular weight is 358 g/mol. The van der Waals surface area contributed by atoms with Gasteiger partial charge in [0.25, 0.3) is 0 Å². The van der Waals surface area contributed by atoms with Gasteiger partial charge in [-0.05, 0) is 29.3 Å². The van der Waals surface area contributed by atoms with Crippen molar-refractivity contribution in [1.82, 2.24) is 9.55 Å². The molecule has 134 valence electrons. The number of carboxylic acids is 1. The van der Waals surface area contributed by atoms with Crippen LogP contribution in [0.15, 0.2) is 78.9 Å². The van der Waals surface area contributed by atoms with Gasteiger partial charge in [-0.1, -0.05) is 60.7 Å². The number of aliphatic hydroxyl groups is 1. The molecule has 0 bridgehead atoms. The molecule has 0 saturated carbocycles. The Morgan fingerprint density at radius 2 is 1.48 bits per heavy atom. The van der Waals surface area contributed by atoms with Crippen LogP contribution in [0.5, 0.6) is 0 Å². The zero-order chi connectivity index (χ0) is 19.0. The van der Waals surface area contributed by atoms with Crippen molar-refractivity contribution < 1.29 is 15.0 Å². The molecular weight excluding hydrogens is 340 g/mol. The highest BCUT2D eigenvalue weighted by molar-refractivity contribution is 5.92.